The van der Waals surface area contributed by atoms with Crippen molar-refractivity contribution in [3.05, 3.63) is 53.1 Å². The van der Waals surface area contributed by atoms with E-state index in [9.17, 15) is 4.79 Å². The molecule has 1 heterocycles. The number of carboxylic acid groups (broad SMARTS) is 1. The Bertz CT molecular complexity index is 544. The molecule has 0 fully saturated rings. The molecule has 0 amide bonds. The lowest BCUT2D eigenvalue weighted by Crippen LogP contribution is -1.98. The molecule has 2 N–H and O–H groups in total. The lowest BCUT2D eigenvalue weighted by Gasteiger charge is -2.00. The van der Waals surface area contributed by atoms with Crippen molar-refractivity contribution >= 4 is 5.97 Å². The van der Waals surface area contributed by atoms with Crippen molar-refractivity contribution in [3.8, 4) is 0 Å². The Hall–Kier alpha value is -2.10. The largest absolute Gasteiger partial charge is 0.481 e. The maximum atomic E-state index is 10.5. The van der Waals surface area contributed by atoms with Gasteiger partial charge in [-0.05, 0) is 25.3 Å². The quantitative estimate of drug-likeness (QED) is 0.836. The minimum Gasteiger partial charge on any atom is -0.481 e. The van der Waals surface area contributed by atoms with Gasteiger partial charge in [0.25, 0.3) is 0 Å². The third-order valence-electron chi connectivity index (χ3n) is 3.06. The monoisotopic (exact) mass is 258 g/mol. The van der Waals surface area contributed by atoms with Crippen LogP contribution in [0, 0.1) is 6.92 Å². The molecule has 0 aliphatic rings. The molecule has 0 unspecified atom stereocenters. The number of carbonyl (C=O) groups is 1. The van der Waals surface area contributed by atoms with E-state index < -0.39 is 5.97 Å². The van der Waals surface area contributed by atoms with E-state index in [-0.39, 0.29) is 6.42 Å². The zero-order chi connectivity index (χ0) is 13.7. The smallest absolute Gasteiger partial charge is 0.303 e. The second kappa shape index (κ2) is 6.18. The highest BCUT2D eigenvalue weighted by Crippen LogP contribution is 2.08. The lowest BCUT2D eigenvalue weighted by molar-refractivity contribution is -0.136. The summed E-state index contributed by atoms with van der Waals surface area (Å²) >= 11 is 0. The maximum absolute atomic E-state index is 10.5. The summed E-state index contributed by atoms with van der Waals surface area (Å²) in [5.41, 5.74) is 3.44. The topological polar surface area (TPSA) is 66.0 Å². The van der Waals surface area contributed by atoms with Gasteiger partial charge in [-0.25, -0.2) is 4.98 Å². The Kier molecular flexibility index (Phi) is 4.34. The van der Waals surface area contributed by atoms with Crippen LogP contribution < -0.4 is 0 Å². The molecule has 4 nitrogen and oxygen atoms in total. The fourth-order valence-corrected chi connectivity index (χ4v) is 1.92. The second-order valence-corrected chi connectivity index (χ2v) is 4.73. The number of carboxylic acids is 1. The van der Waals surface area contributed by atoms with Crippen LogP contribution in [-0.2, 0) is 24.1 Å². The number of aromatic amines is 1. The molecule has 0 radical (unpaired) electrons. The Morgan fingerprint density at radius 3 is 2.63 bits per heavy atom. The zero-order valence-electron chi connectivity index (χ0n) is 11.0. The normalized spacial score (nSPS) is 10.6. The zero-order valence-corrected chi connectivity index (χ0v) is 11.0. The van der Waals surface area contributed by atoms with Gasteiger partial charge in [0.15, 0.2) is 0 Å². The van der Waals surface area contributed by atoms with Crippen LogP contribution in [0.3, 0.4) is 0 Å². The molecule has 0 spiro atoms. The highest BCUT2D eigenvalue weighted by molar-refractivity contribution is 5.66. The summed E-state index contributed by atoms with van der Waals surface area (Å²) in [6.07, 6.45) is 4.15. The SMILES string of the molecule is Cc1ccc(CCc2ncc(CCC(=O)O)[nH]2)cc1. The molecule has 0 saturated carbocycles. The fraction of sp³-hybridized carbons (Fsp3) is 0.333. The molecular weight excluding hydrogens is 240 g/mol. The highest BCUT2D eigenvalue weighted by atomic mass is 16.4. The summed E-state index contributed by atoms with van der Waals surface area (Å²) in [7, 11) is 0. The molecule has 2 aromatic rings. The van der Waals surface area contributed by atoms with Crippen LogP contribution >= 0.6 is 0 Å². The van der Waals surface area contributed by atoms with Crippen molar-refractivity contribution in [2.24, 2.45) is 0 Å². The number of imidazole rings is 1. The number of benzene rings is 1. The Balaban J connectivity index is 1.86. The third-order valence-corrected chi connectivity index (χ3v) is 3.06. The van der Waals surface area contributed by atoms with Crippen LogP contribution in [0.4, 0.5) is 0 Å². The van der Waals surface area contributed by atoms with E-state index in [1.807, 2.05) is 0 Å². The highest BCUT2D eigenvalue weighted by Gasteiger charge is 2.04. The first kappa shape index (κ1) is 13.3. The number of nitrogens with one attached hydrogen (secondary N) is 1. The van der Waals surface area contributed by atoms with Crippen LogP contribution in [0.15, 0.2) is 30.5 Å². The summed E-state index contributed by atoms with van der Waals surface area (Å²) < 4.78 is 0. The van der Waals surface area contributed by atoms with Crippen molar-refractivity contribution in [2.75, 3.05) is 0 Å². The predicted octanol–water partition coefficient (Wildman–Crippen LogP) is 2.52. The van der Waals surface area contributed by atoms with Crippen LogP contribution in [0.1, 0.15) is 29.1 Å². The molecule has 100 valence electrons. The van der Waals surface area contributed by atoms with Crippen LogP contribution in [0.2, 0.25) is 0 Å². The molecular formula is C15H18N2O2. The first-order valence-electron chi connectivity index (χ1n) is 6.43. The van der Waals surface area contributed by atoms with Gasteiger partial charge in [0.1, 0.15) is 5.82 Å². The molecule has 0 bridgehead atoms. The first-order valence-corrected chi connectivity index (χ1v) is 6.43. The van der Waals surface area contributed by atoms with E-state index >= 15 is 0 Å². The first-order chi connectivity index (χ1) is 9.13. The van der Waals surface area contributed by atoms with Crippen molar-refractivity contribution in [3.63, 3.8) is 0 Å². The van der Waals surface area contributed by atoms with E-state index in [0.717, 1.165) is 24.4 Å². The molecule has 19 heavy (non-hydrogen) atoms. The molecule has 0 aliphatic carbocycles. The Morgan fingerprint density at radius 1 is 1.21 bits per heavy atom. The fourth-order valence-electron chi connectivity index (χ4n) is 1.92. The number of H-pyrrole nitrogens is 1. The standard InChI is InChI=1S/C15H18N2O2/c1-11-2-4-12(5-3-11)6-8-14-16-10-13(17-14)7-9-15(18)19/h2-5,10H,6-9H2,1H3,(H,16,17)(H,18,19). The Labute approximate surface area is 112 Å². The number of hydrogen-bond acceptors (Lipinski definition) is 2. The van der Waals surface area contributed by atoms with E-state index in [1.165, 1.54) is 11.1 Å². The number of aryl methyl sites for hydroxylation is 4. The van der Waals surface area contributed by atoms with Crippen molar-refractivity contribution in [1.29, 1.82) is 0 Å². The minimum absolute atomic E-state index is 0.138. The lowest BCUT2D eigenvalue weighted by atomic mass is 10.1. The number of aromatic nitrogens is 2. The molecule has 0 saturated heterocycles. The van der Waals surface area contributed by atoms with Gasteiger partial charge in [-0.15, -0.1) is 0 Å². The van der Waals surface area contributed by atoms with Gasteiger partial charge in [-0.1, -0.05) is 29.8 Å². The van der Waals surface area contributed by atoms with Crippen LogP contribution in [0.25, 0.3) is 0 Å². The average Bonchev–Trinajstić information content (AvgIpc) is 2.84. The minimum atomic E-state index is -0.782. The molecule has 0 atom stereocenters. The number of rotatable bonds is 6. The van der Waals surface area contributed by atoms with Gasteiger partial charge >= 0.3 is 5.97 Å². The molecule has 4 heteroatoms. The third kappa shape index (κ3) is 4.25. The van der Waals surface area contributed by atoms with E-state index in [1.54, 1.807) is 6.20 Å². The van der Waals surface area contributed by atoms with Gasteiger partial charge in [0.05, 0.1) is 6.42 Å². The molecule has 1 aromatic carbocycles. The molecule has 0 aliphatic heterocycles. The van der Waals surface area contributed by atoms with Gasteiger partial charge < -0.3 is 10.1 Å². The van der Waals surface area contributed by atoms with E-state index in [0.29, 0.717) is 6.42 Å². The van der Waals surface area contributed by atoms with Gasteiger partial charge in [0.2, 0.25) is 0 Å². The average molecular weight is 258 g/mol. The van der Waals surface area contributed by atoms with Crippen molar-refractivity contribution in [1.82, 2.24) is 9.97 Å². The number of aliphatic carboxylic acids is 1. The van der Waals surface area contributed by atoms with E-state index in [4.69, 9.17) is 5.11 Å². The summed E-state index contributed by atoms with van der Waals surface area (Å²) in [6.45, 7) is 2.07. The van der Waals surface area contributed by atoms with Gasteiger partial charge in [0, 0.05) is 18.3 Å². The number of nitrogens with zero attached hydrogens (tertiary/aromatic N) is 1. The molecule has 1 aromatic heterocycles. The summed E-state index contributed by atoms with van der Waals surface area (Å²) in [5.74, 6) is 0.136. The maximum Gasteiger partial charge on any atom is 0.303 e. The summed E-state index contributed by atoms with van der Waals surface area (Å²) in [4.78, 5) is 17.9. The summed E-state index contributed by atoms with van der Waals surface area (Å²) in [6, 6.07) is 8.47. The van der Waals surface area contributed by atoms with Crippen molar-refractivity contribution in [2.45, 2.75) is 32.6 Å². The molecule has 2 rings (SSSR count). The second-order valence-electron chi connectivity index (χ2n) is 4.73. The van der Waals surface area contributed by atoms with Crippen LogP contribution in [0.5, 0.6) is 0 Å². The van der Waals surface area contributed by atoms with Crippen LogP contribution in [-0.4, -0.2) is 21.0 Å². The number of hydrogen-bond donors (Lipinski definition) is 2. The predicted molar refractivity (Wildman–Crippen MR) is 73.1 cm³/mol. The Morgan fingerprint density at radius 2 is 1.95 bits per heavy atom. The van der Waals surface area contributed by atoms with E-state index in [2.05, 4.69) is 41.2 Å². The summed E-state index contributed by atoms with van der Waals surface area (Å²) in [5, 5.41) is 8.62. The van der Waals surface area contributed by atoms with Gasteiger partial charge in [-0.3, -0.25) is 4.79 Å². The van der Waals surface area contributed by atoms with Gasteiger partial charge in [-0.2, -0.15) is 0 Å². The van der Waals surface area contributed by atoms with Crippen molar-refractivity contribution < 1.29 is 9.90 Å².